The normalized spacial score (nSPS) is 15.3. The van der Waals surface area contributed by atoms with Crippen LogP contribution in [0, 0.1) is 0 Å². The van der Waals surface area contributed by atoms with Crippen molar-refractivity contribution in [2.75, 3.05) is 24.9 Å². The number of piperidine rings is 1. The summed E-state index contributed by atoms with van der Waals surface area (Å²) < 4.78 is 34.2. The summed E-state index contributed by atoms with van der Waals surface area (Å²) in [4.78, 5) is 20.1. The Morgan fingerprint density at radius 1 is 1.03 bits per heavy atom. The maximum absolute atomic E-state index is 12.7. The zero-order valence-corrected chi connectivity index (χ0v) is 19.4. The number of hydrogen-bond donors (Lipinski definition) is 1. The molecule has 0 saturated carbocycles. The molecule has 0 spiro atoms. The van der Waals surface area contributed by atoms with Crippen molar-refractivity contribution < 1.29 is 13.2 Å². The van der Waals surface area contributed by atoms with Gasteiger partial charge in [0, 0.05) is 24.8 Å². The number of fused-ring (bicyclic) bond motifs is 1. The topological polar surface area (TPSA) is 110 Å². The van der Waals surface area contributed by atoms with Crippen LogP contribution in [0.2, 0.25) is 0 Å². The minimum absolute atomic E-state index is 0.0807. The van der Waals surface area contributed by atoms with Gasteiger partial charge in [-0.3, -0.25) is 9.71 Å². The van der Waals surface area contributed by atoms with E-state index in [1.807, 2.05) is 12.1 Å². The smallest absolute Gasteiger partial charge is 0.261 e. The van der Waals surface area contributed by atoms with Crippen LogP contribution in [0.5, 0.6) is 5.88 Å². The predicted molar refractivity (Wildman–Crippen MR) is 129 cm³/mol. The molecule has 1 saturated heterocycles. The van der Waals surface area contributed by atoms with Crippen LogP contribution in [0.15, 0.2) is 72.1 Å². The van der Waals surface area contributed by atoms with Gasteiger partial charge >= 0.3 is 0 Å². The fourth-order valence-corrected chi connectivity index (χ4v) is 4.93. The second-order valence-electron chi connectivity index (χ2n) is 8.24. The molecule has 34 heavy (non-hydrogen) atoms. The maximum atomic E-state index is 12.7. The van der Waals surface area contributed by atoms with E-state index in [4.69, 9.17) is 9.72 Å². The molecule has 0 bridgehead atoms. The number of ether oxygens (including phenoxy) is 1. The highest BCUT2D eigenvalue weighted by Crippen LogP contribution is 2.27. The number of anilines is 1. The summed E-state index contributed by atoms with van der Waals surface area (Å²) in [5.74, 6) is 0.454. The molecule has 1 aromatic carbocycles. The van der Waals surface area contributed by atoms with E-state index in [0.29, 0.717) is 33.9 Å². The van der Waals surface area contributed by atoms with Gasteiger partial charge in [-0.15, -0.1) is 0 Å². The molecule has 0 atom stereocenters. The van der Waals surface area contributed by atoms with E-state index in [-0.39, 0.29) is 11.0 Å². The third kappa shape index (κ3) is 4.82. The summed E-state index contributed by atoms with van der Waals surface area (Å²) in [6.07, 6.45) is 6.51. The highest BCUT2D eigenvalue weighted by Gasteiger charge is 2.20. The first kappa shape index (κ1) is 22.2. The van der Waals surface area contributed by atoms with Gasteiger partial charge in [-0.25, -0.2) is 18.4 Å². The lowest BCUT2D eigenvalue weighted by Crippen LogP contribution is -2.35. The second kappa shape index (κ2) is 9.32. The van der Waals surface area contributed by atoms with Gasteiger partial charge in [-0.1, -0.05) is 18.2 Å². The molecule has 1 N–H and O–H groups in total. The van der Waals surface area contributed by atoms with Crippen LogP contribution in [0.25, 0.3) is 22.3 Å². The van der Waals surface area contributed by atoms with Crippen LogP contribution in [0.4, 0.5) is 5.69 Å². The number of hydrogen-bond acceptors (Lipinski definition) is 8. The van der Waals surface area contributed by atoms with Crippen LogP contribution in [0.3, 0.4) is 0 Å². The lowest BCUT2D eigenvalue weighted by atomic mass is 10.1. The Labute approximate surface area is 197 Å². The average molecular weight is 477 g/mol. The Bertz CT molecular complexity index is 1410. The Morgan fingerprint density at radius 2 is 1.82 bits per heavy atom. The summed E-state index contributed by atoms with van der Waals surface area (Å²) in [5, 5.41) is 0. The van der Waals surface area contributed by atoms with Gasteiger partial charge in [0.05, 0.1) is 28.0 Å². The molecule has 1 aliphatic rings. The first-order valence-electron chi connectivity index (χ1n) is 11.0. The van der Waals surface area contributed by atoms with Crippen molar-refractivity contribution in [3.05, 3.63) is 67.3 Å². The van der Waals surface area contributed by atoms with E-state index in [2.05, 4.69) is 31.6 Å². The number of sulfonamides is 1. The van der Waals surface area contributed by atoms with Gasteiger partial charge < -0.3 is 9.64 Å². The van der Waals surface area contributed by atoms with Crippen LogP contribution >= 0.6 is 0 Å². The van der Waals surface area contributed by atoms with Gasteiger partial charge in [0.25, 0.3) is 10.0 Å². The first-order chi connectivity index (χ1) is 16.5. The van der Waals surface area contributed by atoms with Gasteiger partial charge in [-0.05, 0) is 50.2 Å². The van der Waals surface area contributed by atoms with Gasteiger partial charge in [-0.2, -0.15) is 4.98 Å². The highest BCUT2D eigenvalue weighted by molar-refractivity contribution is 7.92. The molecule has 0 amide bonds. The molecule has 3 aromatic heterocycles. The molecule has 1 fully saturated rings. The summed E-state index contributed by atoms with van der Waals surface area (Å²) in [6.45, 7) is 1.95. The molecular weight excluding hydrogens is 452 g/mol. The van der Waals surface area contributed by atoms with Crippen LogP contribution in [-0.2, 0) is 10.0 Å². The molecule has 10 heteroatoms. The molecule has 0 radical (unpaired) electrons. The number of nitrogens with one attached hydrogen (secondary N) is 1. The summed E-state index contributed by atoms with van der Waals surface area (Å²) >= 11 is 0. The number of likely N-dealkylation sites (tertiary alicyclic amines) is 1. The molecular formula is C24H24N6O3S. The Morgan fingerprint density at radius 3 is 2.62 bits per heavy atom. The van der Waals surface area contributed by atoms with Gasteiger partial charge in [0.1, 0.15) is 12.4 Å². The minimum atomic E-state index is -3.73. The molecule has 0 unspecified atom stereocenters. The number of benzene rings is 1. The van der Waals surface area contributed by atoms with Crippen molar-refractivity contribution in [2.45, 2.75) is 23.8 Å². The van der Waals surface area contributed by atoms with Crippen molar-refractivity contribution in [1.82, 2.24) is 24.8 Å². The largest absolute Gasteiger partial charge is 0.473 e. The van der Waals surface area contributed by atoms with Crippen molar-refractivity contribution >= 4 is 26.7 Å². The Balaban J connectivity index is 1.43. The molecule has 4 heterocycles. The molecule has 0 aliphatic carbocycles. The quantitative estimate of drug-likeness (QED) is 0.451. The van der Waals surface area contributed by atoms with Crippen molar-refractivity contribution in [1.29, 1.82) is 0 Å². The SMILES string of the molecule is CN1CCC(Oc2ncnc3ccc(-c4cncc(NS(=O)(=O)c5ccccc5)c4)nc23)CC1. The standard InChI is InChI=1S/C24H24N6O3S/c1-30-11-9-19(10-12-30)33-24-23-22(26-16-27-24)8-7-21(28-23)17-13-18(15-25-14-17)29-34(31,32)20-5-3-2-4-6-20/h2-8,13-16,19,29H,9-12H2,1H3. The fourth-order valence-electron chi connectivity index (χ4n) is 3.88. The third-order valence-corrected chi connectivity index (χ3v) is 7.13. The maximum Gasteiger partial charge on any atom is 0.261 e. The zero-order chi connectivity index (χ0) is 23.5. The molecule has 174 valence electrons. The average Bonchev–Trinajstić information content (AvgIpc) is 2.86. The number of nitrogens with zero attached hydrogens (tertiary/aromatic N) is 5. The lowest BCUT2D eigenvalue weighted by Gasteiger charge is -2.29. The van der Waals surface area contributed by atoms with E-state index in [1.165, 1.54) is 24.7 Å². The van der Waals surface area contributed by atoms with Crippen LogP contribution in [0.1, 0.15) is 12.8 Å². The van der Waals surface area contributed by atoms with Crippen molar-refractivity contribution in [3.63, 3.8) is 0 Å². The highest BCUT2D eigenvalue weighted by atomic mass is 32.2. The minimum Gasteiger partial charge on any atom is -0.473 e. The zero-order valence-electron chi connectivity index (χ0n) is 18.6. The number of rotatable bonds is 6. The van der Waals surface area contributed by atoms with Gasteiger partial charge in [0.15, 0.2) is 5.52 Å². The van der Waals surface area contributed by atoms with Crippen molar-refractivity contribution in [2.24, 2.45) is 0 Å². The summed E-state index contributed by atoms with van der Waals surface area (Å²) in [5.41, 5.74) is 2.85. The van der Waals surface area contributed by atoms with E-state index >= 15 is 0 Å². The third-order valence-electron chi connectivity index (χ3n) is 5.73. The summed E-state index contributed by atoms with van der Waals surface area (Å²) in [6, 6.07) is 13.6. The van der Waals surface area contributed by atoms with E-state index < -0.39 is 10.0 Å². The number of pyridine rings is 2. The molecule has 5 rings (SSSR count). The summed E-state index contributed by atoms with van der Waals surface area (Å²) in [7, 11) is -1.62. The van der Waals surface area contributed by atoms with Crippen molar-refractivity contribution in [3.8, 4) is 17.1 Å². The first-order valence-corrected chi connectivity index (χ1v) is 12.5. The van der Waals surface area contributed by atoms with E-state index in [9.17, 15) is 8.42 Å². The second-order valence-corrected chi connectivity index (χ2v) is 9.93. The molecule has 1 aliphatic heterocycles. The van der Waals surface area contributed by atoms with E-state index in [1.54, 1.807) is 30.5 Å². The van der Waals surface area contributed by atoms with Gasteiger partial charge in [0.2, 0.25) is 5.88 Å². The molecule has 9 nitrogen and oxygen atoms in total. The Kier molecular flexibility index (Phi) is 6.08. The predicted octanol–water partition coefficient (Wildman–Crippen LogP) is 3.36. The molecule has 4 aromatic rings. The lowest BCUT2D eigenvalue weighted by molar-refractivity contribution is 0.111. The van der Waals surface area contributed by atoms with Crippen LogP contribution in [-0.4, -0.2) is 59.5 Å². The fraction of sp³-hybridized carbons (Fsp3) is 0.250. The van der Waals surface area contributed by atoms with Crippen LogP contribution < -0.4 is 9.46 Å². The Hall–Kier alpha value is -3.63. The monoisotopic (exact) mass is 476 g/mol. The van der Waals surface area contributed by atoms with E-state index in [0.717, 1.165) is 25.9 Å². The number of aromatic nitrogens is 4.